The fourth-order valence-electron chi connectivity index (χ4n) is 4.79. The molecular formula is C20H40Cr. The summed E-state index contributed by atoms with van der Waals surface area (Å²) in [6, 6.07) is 0. The minimum absolute atomic E-state index is 0. The Balaban J connectivity index is 0.000000364. The average molecular weight is 333 g/mol. The van der Waals surface area contributed by atoms with E-state index in [-0.39, 0.29) is 17.4 Å². The van der Waals surface area contributed by atoms with Crippen LogP contribution < -0.4 is 0 Å². The first-order valence-electron chi connectivity index (χ1n) is 9.11. The van der Waals surface area contributed by atoms with E-state index in [9.17, 15) is 0 Å². The zero-order valence-corrected chi connectivity index (χ0v) is 17.5. The van der Waals surface area contributed by atoms with E-state index in [0.29, 0.717) is 0 Å². The van der Waals surface area contributed by atoms with Gasteiger partial charge in [0.15, 0.2) is 0 Å². The first-order valence-corrected chi connectivity index (χ1v) is 9.11. The summed E-state index contributed by atoms with van der Waals surface area (Å²) in [6.45, 7) is 24.0. The zero-order chi connectivity index (χ0) is 15.8. The van der Waals surface area contributed by atoms with Gasteiger partial charge >= 0.3 is 0 Å². The molecule has 0 aliphatic heterocycles. The minimum Gasteiger partial charge on any atom is -0.0620 e. The predicted molar refractivity (Wildman–Crippen MR) is 91.6 cm³/mol. The van der Waals surface area contributed by atoms with E-state index < -0.39 is 0 Å². The second-order valence-electron chi connectivity index (χ2n) is 8.59. The Morgan fingerprint density at radius 1 is 0.238 bits per heavy atom. The van der Waals surface area contributed by atoms with Crippen molar-refractivity contribution < 1.29 is 17.4 Å². The molecule has 0 nitrogen and oxygen atoms in total. The van der Waals surface area contributed by atoms with Crippen LogP contribution >= 0.6 is 0 Å². The molecule has 2 aliphatic rings. The first kappa shape index (κ1) is 21.5. The molecule has 0 heterocycles. The van der Waals surface area contributed by atoms with Crippen molar-refractivity contribution in [3.63, 3.8) is 0 Å². The maximum atomic E-state index is 2.40. The van der Waals surface area contributed by atoms with E-state index >= 15 is 0 Å². The van der Waals surface area contributed by atoms with Gasteiger partial charge in [-0.15, -0.1) is 0 Å². The van der Waals surface area contributed by atoms with Gasteiger partial charge in [-0.25, -0.2) is 0 Å². The normalized spacial score (nSPS) is 52.9. The Morgan fingerprint density at radius 2 is 0.286 bits per heavy atom. The van der Waals surface area contributed by atoms with Crippen molar-refractivity contribution in [2.45, 2.75) is 69.2 Å². The molecule has 0 aromatic rings. The zero-order valence-electron chi connectivity index (χ0n) is 16.2. The molecule has 0 spiro atoms. The van der Waals surface area contributed by atoms with Crippen LogP contribution in [0.2, 0.25) is 0 Å². The van der Waals surface area contributed by atoms with Gasteiger partial charge in [0.25, 0.3) is 0 Å². The largest absolute Gasteiger partial charge is 0.0620 e. The van der Waals surface area contributed by atoms with Crippen LogP contribution in [0, 0.1) is 59.2 Å². The van der Waals surface area contributed by atoms with Crippen molar-refractivity contribution >= 4 is 0 Å². The minimum atomic E-state index is 0. The van der Waals surface area contributed by atoms with Gasteiger partial charge in [-0.3, -0.25) is 0 Å². The molecule has 2 aliphatic carbocycles. The van der Waals surface area contributed by atoms with Crippen molar-refractivity contribution in [3.8, 4) is 0 Å². The Morgan fingerprint density at radius 3 is 0.333 bits per heavy atom. The van der Waals surface area contributed by atoms with E-state index in [1.165, 1.54) is 0 Å². The van der Waals surface area contributed by atoms with Gasteiger partial charge in [-0.1, -0.05) is 69.2 Å². The molecule has 0 aromatic heterocycles. The Labute approximate surface area is 146 Å². The number of rotatable bonds is 0. The molecule has 2 rings (SSSR count). The molecular weight excluding hydrogens is 292 g/mol. The van der Waals surface area contributed by atoms with Crippen molar-refractivity contribution in [2.24, 2.45) is 59.2 Å². The quantitative estimate of drug-likeness (QED) is 0.484. The van der Waals surface area contributed by atoms with Crippen LogP contribution in [0.15, 0.2) is 0 Å². The molecule has 21 heavy (non-hydrogen) atoms. The number of hydrogen-bond donors (Lipinski definition) is 0. The van der Waals surface area contributed by atoms with E-state index in [1.54, 1.807) is 0 Å². The summed E-state index contributed by atoms with van der Waals surface area (Å²) in [5.74, 6) is 9.35. The van der Waals surface area contributed by atoms with Crippen LogP contribution in [-0.4, -0.2) is 0 Å². The summed E-state index contributed by atoms with van der Waals surface area (Å²) in [7, 11) is 0. The fourth-order valence-corrected chi connectivity index (χ4v) is 4.79. The topological polar surface area (TPSA) is 0 Å². The van der Waals surface area contributed by atoms with Crippen LogP contribution in [0.1, 0.15) is 69.2 Å². The molecule has 126 valence electrons. The summed E-state index contributed by atoms with van der Waals surface area (Å²) >= 11 is 0. The molecule has 2 fully saturated rings. The Kier molecular flexibility index (Phi) is 8.62. The van der Waals surface area contributed by atoms with Gasteiger partial charge in [0.1, 0.15) is 0 Å². The van der Waals surface area contributed by atoms with E-state index in [1.807, 2.05) is 0 Å². The molecule has 0 bridgehead atoms. The van der Waals surface area contributed by atoms with Crippen LogP contribution in [0.3, 0.4) is 0 Å². The van der Waals surface area contributed by atoms with Gasteiger partial charge < -0.3 is 0 Å². The maximum Gasteiger partial charge on any atom is 0 e. The maximum absolute atomic E-state index is 2.40. The van der Waals surface area contributed by atoms with Crippen molar-refractivity contribution in [3.05, 3.63) is 0 Å². The SMILES string of the molecule is CC1C(C)C(C)C(C)C1C.CC1C(C)C(C)C(C)C1C.[Cr]. The number of hydrogen-bond acceptors (Lipinski definition) is 0. The second-order valence-corrected chi connectivity index (χ2v) is 8.59. The van der Waals surface area contributed by atoms with E-state index in [2.05, 4.69) is 69.2 Å². The molecule has 0 atom stereocenters. The van der Waals surface area contributed by atoms with Crippen molar-refractivity contribution in [1.82, 2.24) is 0 Å². The summed E-state index contributed by atoms with van der Waals surface area (Å²) in [5.41, 5.74) is 0. The molecule has 0 saturated heterocycles. The average Bonchev–Trinajstić information content (AvgIpc) is 2.71. The summed E-state index contributed by atoms with van der Waals surface area (Å²) in [4.78, 5) is 0. The van der Waals surface area contributed by atoms with Crippen LogP contribution in [-0.2, 0) is 17.4 Å². The predicted octanol–water partition coefficient (Wildman–Crippen LogP) is 6.36. The summed E-state index contributed by atoms with van der Waals surface area (Å²) < 4.78 is 0. The second kappa shape index (κ2) is 8.40. The van der Waals surface area contributed by atoms with Crippen LogP contribution in [0.25, 0.3) is 0 Å². The van der Waals surface area contributed by atoms with Gasteiger partial charge in [-0.2, -0.15) is 0 Å². The molecule has 1 heteroatoms. The van der Waals surface area contributed by atoms with E-state index in [0.717, 1.165) is 59.2 Å². The molecule has 0 N–H and O–H groups in total. The van der Waals surface area contributed by atoms with Crippen molar-refractivity contribution in [2.75, 3.05) is 0 Å². The summed E-state index contributed by atoms with van der Waals surface area (Å²) in [5, 5.41) is 0. The molecule has 0 unspecified atom stereocenters. The fraction of sp³-hybridized carbons (Fsp3) is 1.00. The molecule has 0 aromatic carbocycles. The van der Waals surface area contributed by atoms with Gasteiger partial charge in [0.2, 0.25) is 0 Å². The van der Waals surface area contributed by atoms with Crippen LogP contribution in [0.5, 0.6) is 0 Å². The molecule has 0 amide bonds. The molecule has 2 saturated carbocycles. The molecule has 0 radical (unpaired) electrons. The van der Waals surface area contributed by atoms with Gasteiger partial charge in [0.05, 0.1) is 0 Å². The van der Waals surface area contributed by atoms with Crippen molar-refractivity contribution in [1.29, 1.82) is 0 Å². The third-order valence-corrected chi connectivity index (χ3v) is 8.29. The third kappa shape index (κ3) is 4.29. The first-order chi connectivity index (χ1) is 9.11. The Hall–Kier alpha value is 0.532. The Bertz CT molecular complexity index is 181. The monoisotopic (exact) mass is 332 g/mol. The third-order valence-electron chi connectivity index (χ3n) is 8.29. The summed E-state index contributed by atoms with van der Waals surface area (Å²) in [6.07, 6.45) is 0. The van der Waals surface area contributed by atoms with Gasteiger partial charge in [0, 0.05) is 17.4 Å². The standard InChI is InChI=1S/2C10H20.Cr/c2*1-6-7(2)9(4)10(5)8(6)3;/h2*6-10H,1-5H3;. The van der Waals surface area contributed by atoms with Gasteiger partial charge in [-0.05, 0) is 59.2 Å². The van der Waals surface area contributed by atoms with E-state index in [4.69, 9.17) is 0 Å². The smallest absolute Gasteiger partial charge is 0 e. The van der Waals surface area contributed by atoms with Crippen LogP contribution in [0.4, 0.5) is 0 Å².